The quantitative estimate of drug-likeness (QED) is 0.819. The second-order valence-corrected chi connectivity index (χ2v) is 6.67. The lowest BCUT2D eigenvalue weighted by atomic mass is 10.2. The fourth-order valence-electron chi connectivity index (χ4n) is 2.76. The van der Waals surface area contributed by atoms with E-state index in [0.29, 0.717) is 23.0 Å². The van der Waals surface area contributed by atoms with Gasteiger partial charge in [-0.25, -0.2) is 0 Å². The number of methoxy groups -OCH3 is 1. The van der Waals surface area contributed by atoms with Gasteiger partial charge in [0.1, 0.15) is 11.1 Å². The van der Waals surface area contributed by atoms with Crippen LogP contribution in [0.25, 0.3) is 0 Å². The molecule has 0 aromatic carbocycles. The standard InChI is InChI=1S/C16H24N4O2S/c1-13-12-19(6-7-20(13)8-9-22-2)5-3-15(21)18-16-14(11-17)4-10-23-16/h4,10,13H,3,5-9,12H2,1-2H3,(H,18,21)/t13-/m0/s1. The number of rotatable bonds is 7. The van der Waals surface area contributed by atoms with Crippen LogP contribution in [0.2, 0.25) is 0 Å². The number of hydrogen-bond acceptors (Lipinski definition) is 6. The number of anilines is 1. The molecule has 0 radical (unpaired) electrons. The van der Waals surface area contributed by atoms with Gasteiger partial charge < -0.3 is 15.0 Å². The van der Waals surface area contributed by atoms with Crippen LogP contribution in [0.1, 0.15) is 18.9 Å². The number of piperazine rings is 1. The largest absolute Gasteiger partial charge is 0.383 e. The van der Waals surface area contributed by atoms with Gasteiger partial charge >= 0.3 is 0 Å². The molecule has 2 heterocycles. The minimum Gasteiger partial charge on any atom is -0.383 e. The fraction of sp³-hybridized carbons (Fsp3) is 0.625. The molecular formula is C16H24N4O2S. The van der Waals surface area contributed by atoms with Gasteiger partial charge in [-0.2, -0.15) is 5.26 Å². The molecule has 0 spiro atoms. The summed E-state index contributed by atoms with van der Waals surface area (Å²) in [6.45, 7) is 7.64. The summed E-state index contributed by atoms with van der Waals surface area (Å²) in [5.41, 5.74) is 0.531. The first kappa shape index (κ1) is 17.9. The highest BCUT2D eigenvalue weighted by molar-refractivity contribution is 7.14. The first-order valence-electron chi connectivity index (χ1n) is 7.86. The highest BCUT2D eigenvalue weighted by Crippen LogP contribution is 2.22. The van der Waals surface area contributed by atoms with Crippen LogP contribution in [0.5, 0.6) is 0 Å². The number of thiophene rings is 1. The number of nitriles is 1. The molecule has 1 saturated heterocycles. The van der Waals surface area contributed by atoms with Crippen LogP contribution < -0.4 is 5.32 Å². The van der Waals surface area contributed by atoms with Crippen molar-refractivity contribution < 1.29 is 9.53 Å². The summed E-state index contributed by atoms with van der Waals surface area (Å²) in [6, 6.07) is 4.28. The Labute approximate surface area is 141 Å². The number of ether oxygens (including phenoxy) is 1. The topological polar surface area (TPSA) is 68.6 Å². The van der Waals surface area contributed by atoms with Gasteiger partial charge in [0.25, 0.3) is 0 Å². The Morgan fingerprint density at radius 1 is 1.52 bits per heavy atom. The summed E-state index contributed by atoms with van der Waals surface area (Å²) in [6.07, 6.45) is 0.452. The van der Waals surface area contributed by atoms with Crippen LogP contribution in [-0.2, 0) is 9.53 Å². The molecule has 6 nitrogen and oxygen atoms in total. The molecule has 0 unspecified atom stereocenters. The predicted molar refractivity (Wildman–Crippen MR) is 91.6 cm³/mol. The lowest BCUT2D eigenvalue weighted by molar-refractivity contribution is -0.116. The van der Waals surface area contributed by atoms with E-state index in [1.165, 1.54) is 11.3 Å². The average molecular weight is 336 g/mol. The Morgan fingerprint density at radius 2 is 2.35 bits per heavy atom. The van der Waals surface area contributed by atoms with Crippen LogP contribution in [-0.4, -0.2) is 68.2 Å². The van der Waals surface area contributed by atoms with E-state index in [-0.39, 0.29) is 5.91 Å². The molecule has 1 aromatic heterocycles. The van der Waals surface area contributed by atoms with Crippen LogP contribution in [0, 0.1) is 11.3 Å². The van der Waals surface area contributed by atoms with Crippen molar-refractivity contribution in [3.63, 3.8) is 0 Å². The van der Waals surface area contributed by atoms with E-state index < -0.39 is 0 Å². The molecule has 1 aliphatic heterocycles. The number of carbonyl (C=O) groups is 1. The number of carbonyl (C=O) groups excluding carboxylic acids is 1. The Balaban J connectivity index is 1.72. The molecule has 1 aliphatic rings. The van der Waals surface area contributed by atoms with Crippen molar-refractivity contribution in [3.8, 4) is 6.07 Å². The van der Waals surface area contributed by atoms with E-state index in [0.717, 1.165) is 39.3 Å². The number of hydrogen-bond donors (Lipinski definition) is 1. The first-order valence-corrected chi connectivity index (χ1v) is 8.74. The average Bonchev–Trinajstić information content (AvgIpc) is 2.99. The maximum atomic E-state index is 12.0. The molecule has 0 aliphatic carbocycles. The Hall–Kier alpha value is -1.46. The van der Waals surface area contributed by atoms with E-state index in [1.807, 2.05) is 5.38 Å². The summed E-state index contributed by atoms with van der Waals surface area (Å²) in [5.74, 6) is -0.0292. The summed E-state index contributed by atoms with van der Waals surface area (Å²) in [5, 5.41) is 14.2. The molecule has 1 aromatic rings. The monoisotopic (exact) mass is 336 g/mol. The van der Waals surface area contributed by atoms with Gasteiger partial charge in [-0.3, -0.25) is 9.69 Å². The van der Waals surface area contributed by atoms with Crippen molar-refractivity contribution in [2.24, 2.45) is 0 Å². The van der Waals surface area contributed by atoms with Gasteiger partial charge in [-0.1, -0.05) is 0 Å². The second kappa shape index (κ2) is 8.99. The first-order chi connectivity index (χ1) is 11.1. The van der Waals surface area contributed by atoms with Crippen molar-refractivity contribution in [3.05, 3.63) is 17.0 Å². The molecular weight excluding hydrogens is 312 g/mol. The zero-order valence-electron chi connectivity index (χ0n) is 13.7. The molecule has 23 heavy (non-hydrogen) atoms. The number of nitrogens with one attached hydrogen (secondary N) is 1. The Bertz CT molecular complexity index is 555. The van der Waals surface area contributed by atoms with Crippen molar-refractivity contribution in [1.29, 1.82) is 5.26 Å². The summed E-state index contributed by atoms with van der Waals surface area (Å²) in [4.78, 5) is 16.8. The highest BCUT2D eigenvalue weighted by Gasteiger charge is 2.23. The van der Waals surface area contributed by atoms with Crippen molar-refractivity contribution in [1.82, 2.24) is 9.80 Å². The van der Waals surface area contributed by atoms with Gasteiger partial charge in [-0.05, 0) is 18.4 Å². The molecule has 1 fully saturated rings. The molecule has 0 bridgehead atoms. The fourth-order valence-corrected chi connectivity index (χ4v) is 3.51. The van der Waals surface area contributed by atoms with Crippen LogP contribution >= 0.6 is 11.3 Å². The van der Waals surface area contributed by atoms with Crippen molar-refractivity contribution in [2.45, 2.75) is 19.4 Å². The molecule has 0 saturated carbocycles. The van der Waals surface area contributed by atoms with Crippen molar-refractivity contribution in [2.75, 3.05) is 51.8 Å². The molecule has 1 amide bonds. The minimum atomic E-state index is -0.0292. The second-order valence-electron chi connectivity index (χ2n) is 5.75. The third-order valence-electron chi connectivity index (χ3n) is 4.13. The van der Waals surface area contributed by atoms with E-state index in [1.54, 1.807) is 13.2 Å². The van der Waals surface area contributed by atoms with Gasteiger partial charge in [0.2, 0.25) is 5.91 Å². The molecule has 126 valence electrons. The van der Waals surface area contributed by atoms with E-state index in [4.69, 9.17) is 10.00 Å². The van der Waals surface area contributed by atoms with E-state index >= 15 is 0 Å². The van der Waals surface area contributed by atoms with E-state index in [9.17, 15) is 4.79 Å². The minimum absolute atomic E-state index is 0.0292. The smallest absolute Gasteiger partial charge is 0.226 e. The summed E-state index contributed by atoms with van der Waals surface area (Å²) in [7, 11) is 1.73. The zero-order valence-corrected chi connectivity index (χ0v) is 14.6. The summed E-state index contributed by atoms with van der Waals surface area (Å²) >= 11 is 1.39. The van der Waals surface area contributed by atoms with Crippen LogP contribution in [0.4, 0.5) is 5.00 Å². The normalized spacial score (nSPS) is 19.4. The van der Waals surface area contributed by atoms with Gasteiger partial charge in [0.15, 0.2) is 0 Å². The third-order valence-corrected chi connectivity index (χ3v) is 4.96. The third kappa shape index (κ3) is 5.29. The van der Waals surface area contributed by atoms with Crippen LogP contribution in [0.3, 0.4) is 0 Å². The zero-order chi connectivity index (χ0) is 16.7. The predicted octanol–water partition coefficient (Wildman–Crippen LogP) is 1.60. The molecule has 7 heteroatoms. The SMILES string of the molecule is COCCN1CCN(CCC(=O)Nc2sccc2C#N)C[C@@H]1C. The molecule has 1 atom stereocenters. The number of amides is 1. The van der Waals surface area contributed by atoms with Gasteiger partial charge in [0.05, 0.1) is 12.2 Å². The maximum Gasteiger partial charge on any atom is 0.226 e. The van der Waals surface area contributed by atoms with Crippen molar-refractivity contribution >= 4 is 22.2 Å². The van der Waals surface area contributed by atoms with Crippen LogP contribution in [0.15, 0.2) is 11.4 Å². The lowest BCUT2D eigenvalue weighted by Crippen LogP contribution is -2.52. The maximum absolute atomic E-state index is 12.0. The van der Waals surface area contributed by atoms with Gasteiger partial charge in [0, 0.05) is 52.3 Å². The van der Waals surface area contributed by atoms with Gasteiger partial charge in [-0.15, -0.1) is 11.3 Å². The lowest BCUT2D eigenvalue weighted by Gasteiger charge is -2.39. The summed E-state index contributed by atoms with van der Waals surface area (Å²) < 4.78 is 5.14. The Kier molecular flexibility index (Phi) is 6.99. The molecule has 1 N–H and O–H groups in total. The Morgan fingerprint density at radius 3 is 3.04 bits per heavy atom. The van der Waals surface area contributed by atoms with E-state index in [2.05, 4.69) is 28.1 Å². The highest BCUT2D eigenvalue weighted by atomic mass is 32.1. The molecule has 2 rings (SSSR count). The number of nitrogens with zero attached hydrogens (tertiary/aromatic N) is 3.